The fourth-order valence-electron chi connectivity index (χ4n) is 4.94. The Hall–Kier alpha value is -3.06. The molecule has 0 saturated heterocycles. The number of hydrogen-bond acceptors (Lipinski definition) is 3. The second kappa shape index (κ2) is 9.29. The second-order valence-corrected chi connectivity index (χ2v) is 9.86. The van der Waals surface area contributed by atoms with Gasteiger partial charge in [0.2, 0.25) is 0 Å². The maximum atomic E-state index is 14.5. The first kappa shape index (κ1) is 22.7. The Bertz CT molecular complexity index is 1460. The summed E-state index contributed by atoms with van der Waals surface area (Å²) < 4.78 is 18.6. The Morgan fingerprint density at radius 3 is 2.62 bits per heavy atom. The van der Waals surface area contributed by atoms with E-state index in [4.69, 9.17) is 4.98 Å². The lowest BCUT2D eigenvalue weighted by Gasteiger charge is -2.22. The van der Waals surface area contributed by atoms with E-state index in [-0.39, 0.29) is 17.3 Å². The topological polar surface area (TPSA) is 52.2 Å². The maximum Gasteiger partial charge on any atom is 0.282 e. The standard InChI is InChI=1S/C27H26BrFN4O/c1-17-14-20(18(2)32(17)25-11-7-6-10-23(25)29)16-30-33-26(19-8-4-3-5-9-19)31-24-13-12-21(28)15-22(24)27(33)34/h6-7,10-16,19H,3-5,8-9H2,1-2H3. The smallest absolute Gasteiger partial charge is 0.282 e. The Balaban J connectivity index is 1.63. The summed E-state index contributed by atoms with van der Waals surface area (Å²) in [6.07, 6.45) is 7.18. The number of hydrogen-bond donors (Lipinski definition) is 0. The second-order valence-electron chi connectivity index (χ2n) is 8.94. The monoisotopic (exact) mass is 520 g/mol. The lowest BCUT2D eigenvalue weighted by molar-refractivity contribution is 0.416. The molecule has 1 aliphatic carbocycles. The van der Waals surface area contributed by atoms with E-state index in [9.17, 15) is 9.18 Å². The van der Waals surface area contributed by atoms with Crippen molar-refractivity contribution in [1.82, 2.24) is 14.2 Å². The summed E-state index contributed by atoms with van der Waals surface area (Å²) >= 11 is 3.46. The van der Waals surface area contributed by atoms with Gasteiger partial charge in [0.15, 0.2) is 0 Å². The lowest BCUT2D eigenvalue weighted by Crippen LogP contribution is -2.25. The molecule has 0 amide bonds. The third kappa shape index (κ3) is 4.13. The summed E-state index contributed by atoms with van der Waals surface area (Å²) in [5.41, 5.74) is 3.59. The summed E-state index contributed by atoms with van der Waals surface area (Å²) in [6, 6.07) is 14.3. The fourth-order valence-corrected chi connectivity index (χ4v) is 5.31. The number of rotatable bonds is 4. The summed E-state index contributed by atoms with van der Waals surface area (Å²) in [6.45, 7) is 3.87. The van der Waals surface area contributed by atoms with Gasteiger partial charge in [0.1, 0.15) is 11.6 Å². The van der Waals surface area contributed by atoms with Crippen LogP contribution in [-0.2, 0) is 0 Å². The van der Waals surface area contributed by atoms with Crippen LogP contribution in [0.25, 0.3) is 16.6 Å². The quantitative estimate of drug-likeness (QED) is 0.283. The minimum Gasteiger partial charge on any atom is -0.315 e. The van der Waals surface area contributed by atoms with Gasteiger partial charge in [-0.1, -0.05) is 47.3 Å². The zero-order chi connectivity index (χ0) is 23.8. The van der Waals surface area contributed by atoms with Crippen LogP contribution in [0.1, 0.15) is 60.8 Å². The molecule has 0 unspecified atom stereocenters. The normalized spacial score (nSPS) is 14.9. The predicted octanol–water partition coefficient (Wildman–Crippen LogP) is 6.64. The van der Waals surface area contributed by atoms with E-state index >= 15 is 0 Å². The highest BCUT2D eigenvalue weighted by atomic mass is 79.9. The number of nitrogens with zero attached hydrogens (tertiary/aromatic N) is 4. The largest absolute Gasteiger partial charge is 0.315 e. The van der Waals surface area contributed by atoms with Gasteiger partial charge in [0.05, 0.1) is 22.8 Å². The highest BCUT2D eigenvalue weighted by Crippen LogP contribution is 2.32. The van der Waals surface area contributed by atoms with E-state index in [0.29, 0.717) is 16.6 Å². The van der Waals surface area contributed by atoms with Crippen LogP contribution in [0.2, 0.25) is 0 Å². The van der Waals surface area contributed by atoms with Crippen molar-refractivity contribution in [3.8, 4) is 5.69 Å². The molecule has 4 aromatic rings. The number of para-hydroxylation sites is 1. The molecular formula is C27H26BrFN4O. The highest BCUT2D eigenvalue weighted by Gasteiger charge is 2.22. The molecule has 1 saturated carbocycles. The lowest BCUT2D eigenvalue weighted by atomic mass is 9.88. The van der Waals surface area contributed by atoms with Crippen LogP contribution in [0, 0.1) is 19.7 Å². The van der Waals surface area contributed by atoms with Crippen LogP contribution in [0.3, 0.4) is 0 Å². The van der Waals surface area contributed by atoms with E-state index in [1.807, 2.05) is 42.7 Å². The Kier molecular flexibility index (Phi) is 6.21. The third-order valence-electron chi connectivity index (χ3n) is 6.68. The molecule has 0 atom stereocenters. The fraction of sp³-hybridized carbons (Fsp3) is 0.296. The number of aryl methyl sites for hydroxylation is 1. The maximum absolute atomic E-state index is 14.5. The van der Waals surface area contributed by atoms with Crippen molar-refractivity contribution < 1.29 is 4.39 Å². The minimum absolute atomic E-state index is 0.175. The van der Waals surface area contributed by atoms with Crippen molar-refractivity contribution >= 4 is 33.0 Å². The van der Waals surface area contributed by atoms with Crippen molar-refractivity contribution in [3.05, 3.63) is 92.0 Å². The van der Waals surface area contributed by atoms with Crippen molar-refractivity contribution in [3.63, 3.8) is 0 Å². The number of halogens is 2. The minimum atomic E-state index is -0.284. The van der Waals surface area contributed by atoms with Gasteiger partial charge in [-0.15, -0.1) is 0 Å². The molecule has 0 aliphatic heterocycles. The number of benzene rings is 2. The van der Waals surface area contributed by atoms with Crippen molar-refractivity contribution in [2.24, 2.45) is 5.10 Å². The van der Waals surface area contributed by atoms with Gasteiger partial charge in [0, 0.05) is 27.3 Å². The van der Waals surface area contributed by atoms with Gasteiger partial charge in [-0.05, 0) is 63.1 Å². The van der Waals surface area contributed by atoms with Gasteiger partial charge in [-0.25, -0.2) is 9.37 Å². The molecule has 2 heterocycles. The molecule has 0 spiro atoms. The molecule has 0 N–H and O–H groups in total. The highest BCUT2D eigenvalue weighted by molar-refractivity contribution is 9.10. The van der Waals surface area contributed by atoms with Gasteiger partial charge >= 0.3 is 0 Å². The molecule has 0 radical (unpaired) electrons. The van der Waals surface area contributed by atoms with Gasteiger partial charge < -0.3 is 4.57 Å². The first-order chi connectivity index (χ1) is 16.4. The van der Waals surface area contributed by atoms with Crippen molar-refractivity contribution in [2.75, 3.05) is 0 Å². The van der Waals surface area contributed by atoms with Gasteiger partial charge in [-0.3, -0.25) is 4.79 Å². The number of fused-ring (bicyclic) bond motifs is 1. The molecule has 5 nitrogen and oxygen atoms in total. The van der Waals surface area contributed by atoms with Crippen molar-refractivity contribution in [2.45, 2.75) is 51.9 Å². The van der Waals surface area contributed by atoms with E-state index in [1.54, 1.807) is 24.4 Å². The summed E-state index contributed by atoms with van der Waals surface area (Å²) in [5, 5.41) is 5.19. The molecule has 2 aromatic carbocycles. The number of aromatic nitrogens is 3. The van der Waals surface area contributed by atoms with Crippen LogP contribution in [0.15, 0.2) is 62.9 Å². The van der Waals surface area contributed by atoms with Crippen LogP contribution >= 0.6 is 15.9 Å². The third-order valence-corrected chi connectivity index (χ3v) is 7.17. The molecule has 5 rings (SSSR count). The first-order valence-electron chi connectivity index (χ1n) is 11.6. The molecule has 2 aromatic heterocycles. The Labute approximate surface area is 206 Å². The summed E-state index contributed by atoms with van der Waals surface area (Å²) in [4.78, 5) is 18.4. The van der Waals surface area contributed by atoms with Crippen LogP contribution in [0.4, 0.5) is 4.39 Å². The van der Waals surface area contributed by atoms with E-state index in [0.717, 1.165) is 52.9 Å². The zero-order valence-electron chi connectivity index (χ0n) is 19.3. The van der Waals surface area contributed by atoms with Crippen molar-refractivity contribution in [1.29, 1.82) is 0 Å². The van der Waals surface area contributed by atoms with E-state index < -0.39 is 0 Å². The van der Waals surface area contributed by atoms with Crippen LogP contribution < -0.4 is 5.56 Å². The van der Waals surface area contributed by atoms with Gasteiger partial charge in [0.25, 0.3) is 5.56 Å². The molecular weight excluding hydrogens is 495 g/mol. The Morgan fingerprint density at radius 2 is 1.85 bits per heavy atom. The van der Waals surface area contributed by atoms with E-state index in [1.165, 1.54) is 17.2 Å². The summed E-state index contributed by atoms with van der Waals surface area (Å²) in [7, 11) is 0. The molecule has 1 fully saturated rings. The van der Waals surface area contributed by atoms with Crippen LogP contribution in [0.5, 0.6) is 0 Å². The van der Waals surface area contributed by atoms with Crippen LogP contribution in [-0.4, -0.2) is 20.4 Å². The first-order valence-corrected chi connectivity index (χ1v) is 12.4. The predicted molar refractivity (Wildman–Crippen MR) is 138 cm³/mol. The molecule has 0 bridgehead atoms. The molecule has 174 valence electrons. The molecule has 7 heteroatoms. The van der Waals surface area contributed by atoms with E-state index in [2.05, 4.69) is 21.0 Å². The average molecular weight is 521 g/mol. The Morgan fingerprint density at radius 1 is 1.09 bits per heavy atom. The average Bonchev–Trinajstić information content (AvgIpc) is 3.12. The SMILES string of the molecule is Cc1cc(C=Nn2c(C3CCCCC3)nc3ccc(Br)cc3c2=O)c(C)n1-c1ccccc1F. The molecule has 1 aliphatic rings. The molecule has 34 heavy (non-hydrogen) atoms. The summed E-state index contributed by atoms with van der Waals surface area (Å²) in [5.74, 6) is 0.643. The van der Waals surface area contributed by atoms with Gasteiger partial charge in [-0.2, -0.15) is 9.78 Å². The zero-order valence-corrected chi connectivity index (χ0v) is 20.8.